The molecule has 12 heavy (non-hydrogen) atoms. The highest BCUT2D eigenvalue weighted by atomic mass is 14.8. The van der Waals surface area contributed by atoms with Crippen molar-refractivity contribution in [2.75, 3.05) is 6.54 Å². The summed E-state index contributed by atoms with van der Waals surface area (Å²) in [6.45, 7) is 5.58. The SMILES string of the molecule is CCN=CC1C2CC3C(C2)C13C. The third-order valence-electron chi connectivity index (χ3n) is 4.76. The third-order valence-corrected chi connectivity index (χ3v) is 4.76. The second kappa shape index (κ2) is 1.94. The summed E-state index contributed by atoms with van der Waals surface area (Å²) in [5.74, 6) is 4.05. The van der Waals surface area contributed by atoms with E-state index < -0.39 is 0 Å². The van der Waals surface area contributed by atoms with Gasteiger partial charge in [-0.3, -0.25) is 4.99 Å². The van der Waals surface area contributed by atoms with Gasteiger partial charge in [0.25, 0.3) is 0 Å². The molecule has 4 aliphatic carbocycles. The molecule has 0 aromatic heterocycles. The Kier molecular flexibility index (Phi) is 1.15. The van der Waals surface area contributed by atoms with Gasteiger partial charge in [-0.05, 0) is 42.9 Å². The van der Waals surface area contributed by atoms with E-state index in [4.69, 9.17) is 0 Å². The van der Waals surface area contributed by atoms with Crippen molar-refractivity contribution in [1.82, 2.24) is 0 Å². The zero-order valence-electron chi connectivity index (χ0n) is 7.96. The van der Waals surface area contributed by atoms with Crippen molar-refractivity contribution in [3.8, 4) is 0 Å². The molecule has 1 nitrogen and oxygen atoms in total. The van der Waals surface area contributed by atoms with E-state index in [1.807, 2.05) is 0 Å². The van der Waals surface area contributed by atoms with Gasteiger partial charge in [-0.25, -0.2) is 0 Å². The monoisotopic (exact) mass is 163 g/mol. The second-order valence-electron chi connectivity index (χ2n) is 4.98. The minimum atomic E-state index is 0.712. The Labute approximate surface area is 74.3 Å². The van der Waals surface area contributed by atoms with Crippen molar-refractivity contribution in [3.05, 3.63) is 0 Å². The van der Waals surface area contributed by atoms with E-state index in [1.54, 1.807) is 0 Å². The van der Waals surface area contributed by atoms with Crippen LogP contribution in [-0.4, -0.2) is 12.8 Å². The summed E-state index contributed by atoms with van der Waals surface area (Å²) in [5, 5.41) is 0. The van der Waals surface area contributed by atoms with Gasteiger partial charge in [-0.15, -0.1) is 0 Å². The average Bonchev–Trinajstić information content (AvgIpc) is 2.46. The molecule has 0 saturated heterocycles. The number of nitrogens with zero attached hydrogens (tertiary/aromatic N) is 1. The molecular weight excluding hydrogens is 146 g/mol. The normalized spacial score (nSPS) is 60.2. The molecule has 0 aromatic carbocycles. The first-order valence-corrected chi connectivity index (χ1v) is 5.28. The van der Waals surface area contributed by atoms with Crippen LogP contribution in [0.5, 0.6) is 0 Å². The summed E-state index contributed by atoms with van der Waals surface area (Å²) >= 11 is 0. The van der Waals surface area contributed by atoms with Crippen molar-refractivity contribution in [2.24, 2.45) is 34.1 Å². The maximum Gasteiger partial charge on any atom is 0.0357 e. The number of hydrogen-bond acceptors (Lipinski definition) is 1. The van der Waals surface area contributed by atoms with Crippen LogP contribution in [0.1, 0.15) is 26.7 Å². The molecule has 3 unspecified atom stereocenters. The van der Waals surface area contributed by atoms with Gasteiger partial charge >= 0.3 is 0 Å². The summed E-state index contributed by atoms with van der Waals surface area (Å²) in [5.41, 5.74) is 0.712. The Morgan fingerprint density at radius 1 is 1.42 bits per heavy atom. The minimum absolute atomic E-state index is 0.712. The molecule has 4 aliphatic rings. The van der Waals surface area contributed by atoms with Crippen LogP contribution in [0, 0.1) is 29.1 Å². The van der Waals surface area contributed by atoms with E-state index in [2.05, 4.69) is 25.1 Å². The van der Waals surface area contributed by atoms with Crippen LogP contribution in [0.3, 0.4) is 0 Å². The van der Waals surface area contributed by atoms with Crippen molar-refractivity contribution >= 4 is 6.21 Å². The maximum atomic E-state index is 4.43. The van der Waals surface area contributed by atoms with Gasteiger partial charge in [0.15, 0.2) is 0 Å². The van der Waals surface area contributed by atoms with Gasteiger partial charge in [0, 0.05) is 18.7 Å². The molecule has 4 saturated carbocycles. The van der Waals surface area contributed by atoms with Crippen LogP contribution >= 0.6 is 0 Å². The molecule has 0 N–H and O–H groups in total. The molecule has 66 valence electrons. The van der Waals surface area contributed by atoms with Crippen LogP contribution in [0.15, 0.2) is 4.99 Å². The molecule has 0 amide bonds. The highest BCUT2D eigenvalue weighted by Gasteiger charge is 2.76. The molecular formula is C11H17N. The molecule has 4 rings (SSSR count). The predicted octanol–water partition coefficient (Wildman–Crippen LogP) is 2.37. The fraction of sp³-hybridized carbons (Fsp3) is 0.909. The summed E-state index contributed by atoms with van der Waals surface area (Å²) in [6, 6.07) is 0. The van der Waals surface area contributed by atoms with Gasteiger partial charge < -0.3 is 0 Å². The van der Waals surface area contributed by atoms with Crippen LogP contribution in [-0.2, 0) is 0 Å². The van der Waals surface area contributed by atoms with Crippen molar-refractivity contribution in [3.63, 3.8) is 0 Å². The van der Waals surface area contributed by atoms with Crippen LogP contribution in [0.25, 0.3) is 0 Å². The Morgan fingerprint density at radius 3 is 2.50 bits per heavy atom. The van der Waals surface area contributed by atoms with Gasteiger partial charge in [0.1, 0.15) is 0 Å². The molecule has 0 heterocycles. The number of hydrogen-bond donors (Lipinski definition) is 0. The molecule has 0 aromatic rings. The van der Waals surface area contributed by atoms with E-state index in [1.165, 1.54) is 12.8 Å². The van der Waals surface area contributed by atoms with E-state index in [-0.39, 0.29) is 0 Å². The largest absolute Gasteiger partial charge is 0.297 e. The summed E-state index contributed by atoms with van der Waals surface area (Å²) in [4.78, 5) is 4.43. The van der Waals surface area contributed by atoms with Crippen LogP contribution < -0.4 is 0 Å². The lowest BCUT2D eigenvalue weighted by Crippen LogP contribution is -2.13. The topological polar surface area (TPSA) is 12.4 Å². The summed E-state index contributed by atoms with van der Waals surface area (Å²) < 4.78 is 0. The van der Waals surface area contributed by atoms with E-state index in [9.17, 15) is 0 Å². The third kappa shape index (κ3) is 0.571. The quantitative estimate of drug-likeness (QED) is 0.554. The molecule has 4 fully saturated rings. The summed E-state index contributed by atoms with van der Waals surface area (Å²) in [7, 11) is 0. The molecule has 4 bridgehead atoms. The number of aliphatic imine (C=N–C) groups is 1. The van der Waals surface area contributed by atoms with E-state index >= 15 is 0 Å². The first-order valence-electron chi connectivity index (χ1n) is 5.28. The van der Waals surface area contributed by atoms with Crippen molar-refractivity contribution < 1.29 is 0 Å². The Balaban J connectivity index is 1.85. The number of rotatable bonds is 2. The van der Waals surface area contributed by atoms with E-state index in [0.717, 1.165) is 30.2 Å². The highest BCUT2D eigenvalue weighted by Crippen LogP contribution is 2.80. The second-order valence-corrected chi connectivity index (χ2v) is 4.98. The smallest absolute Gasteiger partial charge is 0.0357 e. The van der Waals surface area contributed by atoms with Crippen LogP contribution in [0.4, 0.5) is 0 Å². The first-order chi connectivity index (χ1) is 5.78. The Bertz CT molecular complexity index is 231. The fourth-order valence-corrected chi connectivity index (χ4v) is 4.10. The zero-order valence-corrected chi connectivity index (χ0v) is 7.96. The van der Waals surface area contributed by atoms with Crippen molar-refractivity contribution in [2.45, 2.75) is 26.7 Å². The summed E-state index contributed by atoms with van der Waals surface area (Å²) in [6.07, 6.45) is 5.31. The van der Waals surface area contributed by atoms with Gasteiger partial charge in [0.2, 0.25) is 0 Å². The van der Waals surface area contributed by atoms with Gasteiger partial charge in [0.05, 0.1) is 0 Å². The average molecular weight is 163 g/mol. The fourth-order valence-electron chi connectivity index (χ4n) is 4.10. The lowest BCUT2D eigenvalue weighted by atomic mass is 9.92. The lowest BCUT2D eigenvalue weighted by molar-refractivity contribution is 0.447. The molecule has 0 radical (unpaired) electrons. The lowest BCUT2D eigenvalue weighted by Gasteiger charge is -2.13. The molecule has 1 heteroatoms. The molecule has 0 aliphatic heterocycles. The van der Waals surface area contributed by atoms with E-state index in [0.29, 0.717) is 5.41 Å². The Hall–Kier alpha value is -0.330. The standard InChI is InChI=1S/C11H17N/c1-3-12-6-10-7-4-8-9(5-7)11(8,10)2/h6-10H,3-5H2,1-2H3. The predicted molar refractivity (Wildman–Crippen MR) is 50.3 cm³/mol. The highest BCUT2D eigenvalue weighted by molar-refractivity contribution is 5.66. The zero-order chi connectivity index (χ0) is 8.34. The maximum absolute atomic E-state index is 4.43. The van der Waals surface area contributed by atoms with Crippen molar-refractivity contribution in [1.29, 1.82) is 0 Å². The first kappa shape index (κ1) is 7.11. The van der Waals surface area contributed by atoms with Gasteiger partial charge in [-0.1, -0.05) is 6.92 Å². The van der Waals surface area contributed by atoms with Gasteiger partial charge in [-0.2, -0.15) is 0 Å². The molecule has 3 atom stereocenters. The minimum Gasteiger partial charge on any atom is -0.297 e. The Morgan fingerprint density at radius 2 is 2.08 bits per heavy atom. The molecule has 0 spiro atoms. The van der Waals surface area contributed by atoms with Crippen LogP contribution in [0.2, 0.25) is 0 Å².